The molecule has 0 aromatic carbocycles. The summed E-state index contributed by atoms with van der Waals surface area (Å²) in [6.45, 7) is 5.61. The third-order valence-corrected chi connectivity index (χ3v) is 5.35. The van der Waals surface area contributed by atoms with E-state index in [2.05, 4.69) is 4.72 Å². The number of carbonyl (C=O) groups is 1. The van der Waals surface area contributed by atoms with Crippen LogP contribution in [0.5, 0.6) is 0 Å². The van der Waals surface area contributed by atoms with Crippen LogP contribution in [0, 0.1) is 13.8 Å². The average Bonchev–Trinajstić information content (AvgIpc) is 2.95. The summed E-state index contributed by atoms with van der Waals surface area (Å²) in [5.41, 5.74) is 0.691. The van der Waals surface area contributed by atoms with Crippen molar-refractivity contribution in [2.24, 2.45) is 0 Å². The zero-order valence-electron chi connectivity index (χ0n) is 11.7. The van der Waals surface area contributed by atoms with Crippen LogP contribution in [-0.4, -0.2) is 19.5 Å². The third-order valence-electron chi connectivity index (χ3n) is 2.97. The highest BCUT2D eigenvalue weighted by atomic mass is 32.2. The van der Waals surface area contributed by atoms with Gasteiger partial charge in [-0.2, -0.15) is 0 Å². The topological polar surface area (TPSA) is 96.6 Å². The van der Waals surface area contributed by atoms with Gasteiger partial charge < -0.3 is 9.52 Å². The number of hydrogen-bond donors (Lipinski definition) is 2. The highest BCUT2D eigenvalue weighted by Gasteiger charge is 2.24. The number of aryl methyl sites for hydroxylation is 2. The minimum Gasteiger partial charge on any atom is -0.478 e. The van der Waals surface area contributed by atoms with Crippen molar-refractivity contribution in [1.29, 1.82) is 0 Å². The summed E-state index contributed by atoms with van der Waals surface area (Å²) in [6.07, 6.45) is 0.904. The van der Waals surface area contributed by atoms with Gasteiger partial charge in [0, 0.05) is 21.9 Å². The molecule has 0 radical (unpaired) electrons. The van der Waals surface area contributed by atoms with Crippen molar-refractivity contribution >= 4 is 27.3 Å². The lowest BCUT2D eigenvalue weighted by Gasteiger charge is -2.12. The lowest BCUT2D eigenvalue weighted by Crippen LogP contribution is -2.26. The van der Waals surface area contributed by atoms with Crippen molar-refractivity contribution in [3.63, 3.8) is 0 Å². The molecule has 6 nitrogen and oxygen atoms in total. The molecule has 1 atom stereocenters. The predicted molar refractivity (Wildman–Crippen MR) is 78.2 cm³/mol. The smallest absolute Gasteiger partial charge is 0.339 e. The summed E-state index contributed by atoms with van der Waals surface area (Å²) in [4.78, 5) is 12.9. The maximum Gasteiger partial charge on any atom is 0.339 e. The van der Waals surface area contributed by atoms with E-state index in [-0.39, 0.29) is 5.56 Å². The van der Waals surface area contributed by atoms with Crippen LogP contribution in [-0.2, 0) is 10.0 Å². The lowest BCUT2D eigenvalue weighted by atomic mass is 10.1. The highest BCUT2D eigenvalue weighted by molar-refractivity contribution is 7.89. The summed E-state index contributed by atoms with van der Waals surface area (Å²) in [5.74, 6) is -1.24. The Labute approximate surface area is 126 Å². The van der Waals surface area contributed by atoms with Gasteiger partial charge in [0.05, 0.1) is 5.56 Å². The molecule has 2 rings (SSSR count). The summed E-state index contributed by atoms with van der Waals surface area (Å²) in [6, 6.07) is 2.49. The van der Waals surface area contributed by atoms with Gasteiger partial charge in [0.1, 0.15) is 6.26 Å². The van der Waals surface area contributed by atoms with Crippen molar-refractivity contribution in [1.82, 2.24) is 4.72 Å². The van der Waals surface area contributed by atoms with Gasteiger partial charge in [0.2, 0.25) is 5.09 Å². The molecular weight excluding hydrogens is 314 g/mol. The maximum atomic E-state index is 12.2. The Morgan fingerprint density at radius 1 is 1.38 bits per heavy atom. The fraction of sp³-hybridized carbons (Fsp3) is 0.308. The minimum absolute atomic E-state index is 0.203. The largest absolute Gasteiger partial charge is 0.478 e. The van der Waals surface area contributed by atoms with Crippen molar-refractivity contribution in [3.05, 3.63) is 39.3 Å². The van der Waals surface area contributed by atoms with Gasteiger partial charge in [-0.25, -0.2) is 17.9 Å². The predicted octanol–water partition coefficient (Wildman–Crippen LogP) is 2.70. The molecule has 2 heterocycles. The molecule has 2 aromatic rings. The van der Waals surface area contributed by atoms with Crippen LogP contribution in [0.3, 0.4) is 0 Å². The molecule has 114 valence electrons. The van der Waals surface area contributed by atoms with Crippen molar-refractivity contribution in [2.75, 3.05) is 0 Å². The Balaban J connectivity index is 2.24. The first-order valence-electron chi connectivity index (χ1n) is 6.12. The van der Waals surface area contributed by atoms with Crippen LogP contribution >= 0.6 is 11.3 Å². The number of hydrogen-bond acceptors (Lipinski definition) is 5. The highest BCUT2D eigenvalue weighted by Crippen LogP contribution is 2.27. The molecule has 0 fully saturated rings. The van der Waals surface area contributed by atoms with E-state index in [0.717, 1.165) is 27.6 Å². The molecule has 0 bridgehead atoms. The molecule has 0 aliphatic rings. The molecule has 0 aliphatic carbocycles. The van der Waals surface area contributed by atoms with E-state index >= 15 is 0 Å². The van der Waals surface area contributed by atoms with E-state index in [0.29, 0.717) is 0 Å². The van der Waals surface area contributed by atoms with E-state index in [4.69, 9.17) is 9.52 Å². The Bertz CT molecular complexity index is 772. The fourth-order valence-electron chi connectivity index (χ4n) is 2.00. The van der Waals surface area contributed by atoms with E-state index in [1.54, 1.807) is 18.3 Å². The summed E-state index contributed by atoms with van der Waals surface area (Å²) < 4.78 is 31.7. The van der Waals surface area contributed by atoms with Crippen LogP contribution in [0.4, 0.5) is 0 Å². The standard InChI is InChI=1S/C13H15NO5S2/c1-7-4-11(9(3)20-7)8(2)14-21(17,18)12-5-10(6-19-12)13(15)16/h4-6,8,14H,1-3H3,(H,15,16). The molecule has 1 unspecified atom stereocenters. The second-order valence-electron chi connectivity index (χ2n) is 4.67. The maximum absolute atomic E-state index is 12.2. The van der Waals surface area contributed by atoms with Crippen LogP contribution < -0.4 is 4.72 Å². The monoisotopic (exact) mass is 329 g/mol. The zero-order valence-corrected chi connectivity index (χ0v) is 13.3. The van der Waals surface area contributed by atoms with E-state index in [9.17, 15) is 13.2 Å². The number of carboxylic acid groups (broad SMARTS) is 1. The Morgan fingerprint density at radius 2 is 2.05 bits per heavy atom. The number of aromatic carboxylic acids is 1. The van der Waals surface area contributed by atoms with E-state index < -0.39 is 27.1 Å². The van der Waals surface area contributed by atoms with Crippen molar-refractivity contribution in [2.45, 2.75) is 31.9 Å². The molecule has 0 amide bonds. The minimum atomic E-state index is -3.90. The van der Waals surface area contributed by atoms with Crippen LogP contribution in [0.1, 0.15) is 38.6 Å². The Morgan fingerprint density at radius 3 is 2.52 bits per heavy atom. The van der Waals surface area contributed by atoms with Crippen LogP contribution in [0.15, 0.2) is 27.9 Å². The summed E-state index contributed by atoms with van der Waals surface area (Å²) >= 11 is 1.59. The average molecular weight is 329 g/mol. The van der Waals surface area contributed by atoms with Gasteiger partial charge in [-0.15, -0.1) is 11.3 Å². The van der Waals surface area contributed by atoms with Crippen LogP contribution in [0.2, 0.25) is 0 Å². The Kier molecular flexibility index (Phi) is 4.22. The lowest BCUT2D eigenvalue weighted by molar-refractivity contribution is 0.0696. The van der Waals surface area contributed by atoms with Crippen molar-refractivity contribution < 1.29 is 22.7 Å². The SMILES string of the molecule is Cc1cc(C(C)NS(=O)(=O)c2cc(C(=O)O)co2)c(C)s1. The van der Waals surface area contributed by atoms with Gasteiger partial charge in [-0.3, -0.25) is 0 Å². The van der Waals surface area contributed by atoms with Gasteiger partial charge >= 0.3 is 5.97 Å². The van der Waals surface area contributed by atoms with E-state index in [1.165, 1.54) is 0 Å². The zero-order chi connectivity index (χ0) is 15.8. The molecule has 0 spiro atoms. The Hall–Kier alpha value is -1.64. The van der Waals surface area contributed by atoms with Gasteiger partial charge in [-0.1, -0.05) is 0 Å². The molecule has 2 aromatic heterocycles. The number of carboxylic acids is 1. The number of thiophene rings is 1. The quantitative estimate of drug-likeness (QED) is 0.879. The molecular formula is C13H15NO5S2. The second-order valence-corrected chi connectivity index (χ2v) is 7.78. The van der Waals surface area contributed by atoms with Gasteiger partial charge in [-0.05, 0) is 32.4 Å². The van der Waals surface area contributed by atoms with Gasteiger partial charge in [0.25, 0.3) is 10.0 Å². The molecule has 0 aliphatic heterocycles. The number of furan rings is 1. The molecule has 8 heteroatoms. The molecule has 2 N–H and O–H groups in total. The summed E-state index contributed by atoms with van der Waals surface area (Å²) in [5, 5.41) is 8.38. The van der Waals surface area contributed by atoms with Gasteiger partial charge in [0.15, 0.2) is 0 Å². The summed E-state index contributed by atoms with van der Waals surface area (Å²) in [7, 11) is -3.90. The van der Waals surface area contributed by atoms with E-state index in [1.807, 2.05) is 19.9 Å². The van der Waals surface area contributed by atoms with Crippen molar-refractivity contribution in [3.8, 4) is 0 Å². The number of rotatable bonds is 5. The first-order chi connectivity index (χ1) is 9.70. The number of sulfonamides is 1. The molecule has 0 saturated heterocycles. The first-order valence-corrected chi connectivity index (χ1v) is 8.42. The molecule has 0 saturated carbocycles. The second kappa shape index (κ2) is 5.63. The first kappa shape index (κ1) is 15.7. The fourth-order valence-corrected chi connectivity index (χ4v) is 4.19. The van der Waals surface area contributed by atoms with Crippen LogP contribution in [0.25, 0.3) is 0 Å². The third kappa shape index (κ3) is 3.34. The molecule has 21 heavy (non-hydrogen) atoms. The normalized spacial score (nSPS) is 13.3. The number of nitrogens with one attached hydrogen (secondary N) is 1.